The lowest BCUT2D eigenvalue weighted by Gasteiger charge is -2.40. The van der Waals surface area contributed by atoms with Crippen molar-refractivity contribution >= 4 is 11.6 Å². The summed E-state index contributed by atoms with van der Waals surface area (Å²) in [6, 6.07) is 9.32. The van der Waals surface area contributed by atoms with E-state index in [0.29, 0.717) is 0 Å². The predicted molar refractivity (Wildman–Crippen MR) is 97.5 cm³/mol. The highest BCUT2D eigenvalue weighted by atomic mass is 35.5. The van der Waals surface area contributed by atoms with Gasteiger partial charge in [-0.3, -0.25) is 0 Å². The Morgan fingerprint density at radius 2 is 1.57 bits per heavy atom. The molecule has 0 aliphatic carbocycles. The molecule has 1 fully saturated rings. The molecule has 8 nitrogen and oxygen atoms in total. The summed E-state index contributed by atoms with van der Waals surface area (Å²) in [5, 5.41) is 70.2. The molecular weight excluding hydrogens is 392 g/mol. The molecule has 0 amide bonds. The fourth-order valence-corrected chi connectivity index (χ4v) is 3.46. The molecule has 2 unspecified atom stereocenters. The van der Waals surface area contributed by atoms with Gasteiger partial charge >= 0.3 is 0 Å². The van der Waals surface area contributed by atoms with Gasteiger partial charge in [-0.25, -0.2) is 0 Å². The normalized spacial score (nSPS) is 28.3. The van der Waals surface area contributed by atoms with Crippen LogP contribution in [-0.2, 0) is 10.5 Å². The molecule has 152 valence electrons. The number of hydrogen-bond donors (Lipinski definition) is 7. The van der Waals surface area contributed by atoms with Crippen molar-refractivity contribution < 1.29 is 40.5 Å². The van der Waals surface area contributed by atoms with E-state index >= 15 is 0 Å². The van der Waals surface area contributed by atoms with Crippen LogP contribution in [0.3, 0.4) is 0 Å². The van der Waals surface area contributed by atoms with Crippen molar-refractivity contribution in [2.45, 2.75) is 36.3 Å². The molecule has 0 radical (unpaired) electrons. The van der Waals surface area contributed by atoms with Crippen LogP contribution in [0.4, 0.5) is 0 Å². The number of hydrogen-bond acceptors (Lipinski definition) is 8. The van der Waals surface area contributed by atoms with Gasteiger partial charge in [0.2, 0.25) is 5.79 Å². The largest absolute Gasteiger partial charge is 0.508 e. The molecule has 1 heterocycles. The number of rotatable bonds is 4. The van der Waals surface area contributed by atoms with Crippen LogP contribution in [0, 0.1) is 0 Å². The van der Waals surface area contributed by atoms with Gasteiger partial charge in [0.15, 0.2) is 0 Å². The lowest BCUT2D eigenvalue weighted by molar-refractivity contribution is -0.231. The zero-order chi connectivity index (χ0) is 20.6. The van der Waals surface area contributed by atoms with Crippen LogP contribution in [0.1, 0.15) is 22.8 Å². The third kappa shape index (κ3) is 3.73. The number of phenols is 1. The van der Waals surface area contributed by atoms with E-state index in [-0.39, 0.29) is 27.5 Å². The standard InChI is InChI=1S/C19H21ClO8/c20-13-6-1-9(18-17(25)16(24)15(23)14(8-21)28-18)7-12(13)19(26,27)10-2-4-11(22)5-3-10/h1-7,14-18,21-27H,8H2/t14?,15-,16?,17-,18+/m1/s1. The molecular formula is C19H21ClO8. The van der Waals surface area contributed by atoms with Gasteiger partial charge in [-0.1, -0.05) is 17.7 Å². The van der Waals surface area contributed by atoms with Crippen molar-refractivity contribution in [3.63, 3.8) is 0 Å². The highest BCUT2D eigenvalue weighted by molar-refractivity contribution is 6.31. The minimum atomic E-state index is -2.52. The first-order valence-corrected chi connectivity index (χ1v) is 8.89. The van der Waals surface area contributed by atoms with Gasteiger partial charge in [0.05, 0.1) is 6.61 Å². The molecule has 2 aromatic carbocycles. The molecule has 0 bridgehead atoms. The monoisotopic (exact) mass is 412 g/mol. The zero-order valence-electron chi connectivity index (χ0n) is 14.6. The van der Waals surface area contributed by atoms with E-state index < -0.39 is 42.9 Å². The smallest absolute Gasteiger partial charge is 0.218 e. The Hall–Kier alpha value is -1.75. The Labute approximate surface area is 165 Å². The van der Waals surface area contributed by atoms with E-state index in [1.807, 2.05) is 0 Å². The first-order chi connectivity index (χ1) is 13.2. The number of aromatic hydroxyl groups is 1. The van der Waals surface area contributed by atoms with Crippen LogP contribution in [-0.4, -0.2) is 66.8 Å². The van der Waals surface area contributed by atoms with E-state index in [0.717, 1.165) is 0 Å². The number of phenolic OH excluding ortho intramolecular Hbond substituents is 1. The van der Waals surface area contributed by atoms with E-state index in [2.05, 4.69) is 0 Å². The molecule has 1 saturated heterocycles. The molecule has 28 heavy (non-hydrogen) atoms. The van der Waals surface area contributed by atoms with Crippen LogP contribution < -0.4 is 0 Å². The summed E-state index contributed by atoms with van der Waals surface area (Å²) in [6.45, 7) is -0.584. The average Bonchev–Trinajstić information content (AvgIpc) is 2.67. The summed E-state index contributed by atoms with van der Waals surface area (Å²) in [7, 11) is 0. The van der Waals surface area contributed by atoms with Gasteiger partial charge in [-0.2, -0.15) is 0 Å². The van der Waals surface area contributed by atoms with E-state index in [1.165, 1.54) is 42.5 Å². The zero-order valence-corrected chi connectivity index (χ0v) is 15.3. The summed E-state index contributed by atoms with van der Waals surface area (Å²) in [4.78, 5) is 0. The lowest BCUT2D eigenvalue weighted by atomic mass is 9.89. The van der Waals surface area contributed by atoms with Crippen molar-refractivity contribution in [3.8, 4) is 5.75 Å². The minimum Gasteiger partial charge on any atom is -0.508 e. The second-order valence-electron chi connectivity index (χ2n) is 6.71. The molecule has 3 rings (SSSR count). The molecule has 9 heteroatoms. The van der Waals surface area contributed by atoms with Crippen molar-refractivity contribution in [3.05, 3.63) is 64.2 Å². The number of halogens is 1. The summed E-state index contributed by atoms with van der Waals surface area (Å²) >= 11 is 6.14. The average molecular weight is 413 g/mol. The molecule has 1 aliphatic heterocycles. The SMILES string of the molecule is OCC1O[C@@H](c2ccc(Cl)c(C(O)(O)c3ccc(O)cc3)c2)[C@H](O)C(O)[C@@H]1O. The maximum Gasteiger partial charge on any atom is 0.218 e. The van der Waals surface area contributed by atoms with Gasteiger partial charge in [0.25, 0.3) is 0 Å². The fraction of sp³-hybridized carbons (Fsp3) is 0.368. The highest BCUT2D eigenvalue weighted by Crippen LogP contribution is 2.38. The fourth-order valence-electron chi connectivity index (χ4n) is 3.21. The lowest BCUT2D eigenvalue weighted by Crippen LogP contribution is -2.55. The van der Waals surface area contributed by atoms with Crippen LogP contribution in [0.5, 0.6) is 5.75 Å². The molecule has 0 aromatic heterocycles. The quantitative estimate of drug-likeness (QED) is 0.339. The van der Waals surface area contributed by atoms with Crippen molar-refractivity contribution in [1.29, 1.82) is 0 Å². The maximum absolute atomic E-state index is 10.7. The van der Waals surface area contributed by atoms with E-state index in [1.54, 1.807) is 0 Å². The van der Waals surface area contributed by atoms with Gasteiger partial charge in [-0.15, -0.1) is 0 Å². The van der Waals surface area contributed by atoms with Gasteiger partial charge < -0.3 is 40.5 Å². The summed E-state index contributed by atoms with van der Waals surface area (Å²) in [6.07, 6.45) is -6.85. The first kappa shape index (κ1) is 21.0. The van der Waals surface area contributed by atoms with Gasteiger partial charge in [0.1, 0.15) is 36.3 Å². The highest BCUT2D eigenvalue weighted by Gasteiger charge is 2.44. The molecule has 0 saturated carbocycles. The van der Waals surface area contributed by atoms with Crippen molar-refractivity contribution in [1.82, 2.24) is 0 Å². The summed E-state index contributed by atoms with van der Waals surface area (Å²) in [5.74, 6) is -2.57. The summed E-state index contributed by atoms with van der Waals surface area (Å²) in [5.41, 5.74) is 0.176. The number of aliphatic hydroxyl groups is 6. The van der Waals surface area contributed by atoms with E-state index in [9.17, 15) is 35.7 Å². The summed E-state index contributed by atoms with van der Waals surface area (Å²) < 4.78 is 5.50. The molecule has 2 aromatic rings. The Kier molecular flexibility index (Phi) is 5.95. The second-order valence-corrected chi connectivity index (χ2v) is 7.12. The van der Waals surface area contributed by atoms with Crippen LogP contribution in [0.25, 0.3) is 0 Å². The topological polar surface area (TPSA) is 151 Å². The van der Waals surface area contributed by atoms with Crippen LogP contribution >= 0.6 is 11.6 Å². The van der Waals surface area contributed by atoms with Gasteiger partial charge in [-0.05, 0) is 42.0 Å². The second kappa shape index (κ2) is 7.94. The van der Waals surface area contributed by atoms with Crippen molar-refractivity contribution in [2.24, 2.45) is 0 Å². The Morgan fingerprint density at radius 3 is 2.18 bits per heavy atom. The number of aliphatic hydroxyl groups excluding tert-OH is 4. The Morgan fingerprint density at radius 1 is 0.929 bits per heavy atom. The molecule has 7 N–H and O–H groups in total. The van der Waals surface area contributed by atoms with E-state index in [4.69, 9.17) is 16.3 Å². The third-order valence-corrected chi connectivity index (χ3v) is 5.19. The first-order valence-electron chi connectivity index (χ1n) is 8.51. The number of benzene rings is 2. The predicted octanol–water partition coefficient (Wildman–Crippen LogP) is -0.254. The molecule has 5 atom stereocenters. The molecule has 1 aliphatic rings. The number of ether oxygens (including phenoxy) is 1. The van der Waals surface area contributed by atoms with Crippen molar-refractivity contribution in [2.75, 3.05) is 6.61 Å². The van der Waals surface area contributed by atoms with Gasteiger partial charge in [0, 0.05) is 16.1 Å². The Balaban J connectivity index is 2.00. The van der Waals surface area contributed by atoms with Crippen LogP contribution in [0.15, 0.2) is 42.5 Å². The third-order valence-electron chi connectivity index (χ3n) is 4.86. The maximum atomic E-state index is 10.7. The molecule has 0 spiro atoms. The minimum absolute atomic E-state index is 0.0198. The van der Waals surface area contributed by atoms with Crippen LogP contribution in [0.2, 0.25) is 5.02 Å². The Bertz CT molecular complexity index is 823.